The van der Waals surface area contributed by atoms with E-state index in [-0.39, 0.29) is 36.0 Å². The SMILES string of the molecule is O=C1CC(C(=O)N(Cc2ccccc2F)C2CC2)CN1. The van der Waals surface area contributed by atoms with Crippen LogP contribution in [0.15, 0.2) is 24.3 Å². The second-order valence-electron chi connectivity index (χ2n) is 5.49. The lowest BCUT2D eigenvalue weighted by Crippen LogP contribution is -2.38. The molecule has 2 aliphatic rings. The molecule has 20 heavy (non-hydrogen) atoms. The summed E-state index contributed by atoms with van der Waals surface area (Å²) < 4.78 is 13.7. The van der Waals surface area contributed by atoms with Gasteiger partial charge in [0.05, 0.1) is 5.92 Å². The smallest absolute Gasteiger partial charge is 0.228 e. The Kier molecular flexibility index (Phi) is 3.42. The minimum atomic E-state index is -0.296. The van der Waals surface area contributed by atoms with Crippen molar-refractivity contribution in [3.05, 3.63) is 35.6 Å². The molecule has 3 rings (SSSR count). The predicted molar refractivity (Wildman–Crippen MR) is 71.1 cm³/mol. The van der Waals surface area contributed by atoms with Crippen molar-refractivity contribution in [3.8, 4) is 0 Å². The van der Waals surface area contributed by atoms with Crippen LogP contribution >= 0.6 is 0 Å². The summed E-state index contributed by atoms with van der Waals surface area (Å²) in [5, 5.41) is 2.68. The van der Waals surface area contributed by atoms with E-state index in [4.69, 9.17) is 0 Å². The molecule has 1 heterocycles. The third-order valence-electron chi connectivity index (χ3n) is 3.90. The maximum atomic E-state index is 13.7. The van der Waals surface area contributed by atoms with Gasteiger partial charge in [-0.15, -0.1) is 0 Å². The summed E-state index contributed by atoms with van der Waals surface area (Å²) in [5.74, 6) is -0.694. The van der Waals surface area contributed by atoms with Crippen molar-refractivity contribution >= 4 is 11.8 Å². The maximum Gasteiger partial charge on any atom is 0.228 e. The highest BCUT2D eigenvalue weighted by atomic mass is 19.1. The summed E-state index contributed by atoms with van der Waals surface area (Å²) in [7, 11) is 0. The number of rotatable bonds is 4. The van der Waals surface area contributed by atoms with Crippen molar-refractivity contribution in [1.29, 1.82) is 0 Å². The average molecular weight is 276 g/mol. The number of carbonyl (C=O) groups excluding carboxylic acids is 2. The summed E-state index contributed by atoms with van der Waals surface area (Å²) in [6.45, 7) is 0.693. The van der Waals surface area contributed by atoms with Gasteiger partial charge in [0.15, 0.2) is 0 Å². The van der Waals surface area contributed by atoms with E-state index in [0.29, 0.717) is 18.7 Å². The number of hydrogen-bond acceptors (Lipinski definition) is 2. The molecule has 1 saturated carbocycles. The average Bonchev–Trinajstić information content (AvgIpc) is 3.18. The number of nitrogens with one attached hydrogen (secondary N) is 1. The third kappa shape index (κ3) is 2.66. The Hall–Kier alpha value is -1.91. The first-order valence-corrected chi connectivity index (χ1v) is 6.95. The van der Waals surface area contributed by atoms with Crippen LogP contribution in [0.25, 0.3) is 0 Å². The molecule has 4 nitrogen and oxygen atoms in total. The van der Waals surface area contributed by atoms with E-state index >= 15 is 0 Å². The third-order valence-corrected chi connectivity index (χ3v) is 3.90. The molecule has 1 aromatic rings. The van der Waals surface area contributed by atoms with Gasteiger partial charge in [0.2, 0.25) is 11.8 Å². The lowest BCUT2D eigenvalue weighted by Gasteiger charge is -2.25. The quantitative estimate of drug-likeness (QED) is 0.905. The Morgan fingerprint density at radius 1 is 1.35 bits per heavy atom. The molecule has 1 N–H and O–H groups in total. The molecule has 106 valence electrons. The fraction of sp³-hybridized carbons (Fsp3) is 0.467. The molecule has 0 aromatic heterocycles. The van der Waals surface area contributed by atoms with Gasteiger partial charge in [-0.05, 0) is 18.9 Å². The van der Waals surface area contributed by atoms with Gasteiger partial charge in [-0.2, -0.15) is 0 Å². The Morgan fingerprint density at radius 2 is 2.10 bits per heavy atom. The second-order valence-corrected chi connectivity index (χ2v) is 5.49. The monoisotopic (exact) mass is 276 g/mol. The predicted octanol–water partition coefficient (Wildman–Crippen LogP) is 1.45. The summed E-state index contributed by atoms with van der Waals surface area (Å²) in [6, 6.07) is 6.73. The van der Waals surface area contributed by atoms with Gasteiger partial charge in [-0.3, -0.25) is 9.59 Å². The number of halogens is 1. The topological polar surface area (TPSA) is 49.4 Å². The molecule has 1 aromatic carbocycles. The van der Waals surface area contributed by atoms with Gasteiger partial charge in [-0.25, -0.2) is 4.39 Å². The van der Waals surface area contributed by atoms with Crippen LogP contribution in [0.3, 0.4) is 0 Å². The van der Waals surface area contributed by atoms with E-state index < -0.39 is 0 Å². The van der Waals surface area contributed by atoms with Crippen molar-refractivity contribution in [1.82, 2.24) is 10.2 Å². The molecule has 1 aliphatic carbocycles. The van der Waals surface area contributed by atoms with Crippen LogP contribution in [0.2, 0.25) is 0 Å². The summed E-state index contributed by atoms with van der Waals surface area (Å²) in [6.07, 6.45) is 2.18. The zero-order valence-electron chi connectivity index (χ0n) is 11.1. The molecule has 0 bridgehead atoms. The first kappa shape index (κ1) is 13.1. The van der Waals surface area contributed by atoms with Crippen molar-refractivity contribution in [2.45, 2.75) is 31.8 Å². The number of carbonyl (C=O) groups is 2. The van der Waals surface area contributed by atoms with Crippen molar-refractivity contribution in [3.63, 3.8) is 0 Å². The first-order chi connectivity index (χ1) is 9.65. The molecule has 1 unspecified atom stereocenters. The summed E-state index contributed by atoms with van der Waals surface area (Å²) in [4.78, 5) is 25.5. The highest BCUT2D eigenvalue weighted by Crippen LogP contribution is 2.31. The largest absolute Gasteiger partial charge is 0.355 e. The lowest BCUT2D eigenvalue weighted by molar-refractivity contribution is -0.137. The highest BCUT2D eigenvalue weighted by molar-refractivity contribution is 5.89. The van der Waals surface area contributed by atoms with Crippen LogP contribution in [0.4, 0.5) is 4.39 Å². The molecule has 1 atom stereocenters. The molecule has 1 saturated heterocycles. The van der Waals surface area contributed by atoms with E-state index in [9.17, 15) is 14.0 Å². The highest BCUT2D eigenvalue weighted by Gasteiger charge is 2.38. The zero-order chi connectivity index (χ0) is 14.1. The number of nitrogens with zero attached hydrogens (tertiary/aromatic N) is 1. The van der Waals surface area contributed by atoms with Gasteiger partial charge in [-0.1, -0.05) is 18.2 Å². The number of hydrogen-bond donors (Lipinski definition) is 1. The molecule has 0 spiro atoms. The van der Waals surface area contributed by atoms with E-state index in [1.54, 1.807) is 23.1 Å². The Balaban J connectivity index is 1.74. The molecule has 1 aliphatic heterocycles. The first-order valence-electron chi connectivity index (χ1n) is 6.95. The van der Waals surface area contributed by atoms with Crippen LogP contribution in [0.5, 0.6) is 0 Å². The van der Waals surface area contributed by atoms with E-state index in [2.05, 4.69) is 5.32 Å². The molecule has 2 fully saturated rings. The van der Waals surface area contributed by atoms with Gasteiger partial charge in [0, 0.05) is 31.1 Å². The van der Waals surface area contributed by atoms with Crippen LogP contribution in [-0.4, -0.2) is 29.3 Å². The zero-order valence-corrected chi connectivity index (χ0v) is 11.1. The van der Waals surface area contributed by atoms with Gasteiger partial charge < -0.3 is 10.2 Å². The molecule has 5 heteroatoms. The number of benzene rings is 1. The fourth-order valence-electron chi connectivity index (χ4n) is 2.60. The van der Waals surface area contributed by atoms with Gasteiger partial charge in [0.25, 0.3) is 0 Å². The van der Waals surface area contributed by atoms with Crippen molar-refractivity contribution in [2.75, 3.05) is 6.54 Å². The molecular formula is C15H17FN2O2. The van der Waals surface area contributed by atoms with E-state index in [1.807, 2.05) is 0 Å². The van der Waals surface area contributed by atoms with Crippen molar-refractivity contribution in [2.24, 2.45) is 5.92 Å². The minimum absolute atomic E-state index is 0.0332. The number of amides is 2. The lowest BCUT2D eigenvalue weighted by atomic mass is 10.1. The molecule has 2 amide bonds. The molecule has 0 radical (unpaired) electrons. The molecular weight excluding hydrogens is 259 g/mol. The normalized spacial score (nSPS) is 21.6. The van der Waals surface area contributed by atoms with E-state index in [0.717, 1.165) is 12.8 Å². The van der Waals surface area contributed by atoms with Gasteiger partial charge in [0.1, 0.15) is 5.82 Å². The standard InChI is InChI=1S/C15H17FN2O2/c16-13-4-2-1-3-10(13)9-18(12-5-6-12)15(20)11-7-14(19)17-8-11/h1-4,11-12H,5-9H2,(H,17,19). The van der Waals surface area contributed by atoms with Crippen LogP contribution in [0.1, 0.15) is 24.8 Å². The Bertz CT molecular complexity index is 542. The Labute approximate surface area is 117 Å². The minimum Gasteiger partial charge on any atom is -0.355 e. The van der Waals surface area contributed by atoms with Gasteiger partial charge >= 0.3 is 0 Å². The summed E-state index contributed by atoms with van der Waals surface area (Å²) in [5.41, 5.74) is 0.532. The van der Waals surface area contributed by atoms with E-state index in [1.165, 1.54) is 6.07 Å². The summed E-state index contributed by atoms with van der Waals surface area (Å²) >= 11 is 0. The van der Waals surface area contributed by atoms with Crippen molar-refractivity contribution < 1.29 is 14.0 Å². The maximum absolute atomic E-state index is 13.7. The fourth-order valence-corrected chi connectivity index (χ4v) is 2.60. The Morgan fingerprint density at radius 3 is 2.70 bits per heavy atom. The van der Waals surface area contributed by atoms with Crippen LogP contribution in [-0.2, 0) is 16.1 Å². The second kappa shape index (κ2) is 5.23. The van der Waals surface area contributed by atoms with Crippen LogP contribution < -0.4 is 5.32 Å². The van der Waals surface area contributed by atoms with Crippen LogP contribution in [0, 0.1) is 11.7 Å².